The number of urea groups is 1. The summed E-state index contributed by atoms with van der Waals surface area (Å²) in [6, 6.07) is 13.1. The van der Waals surface area contributed by atoms with Crippen molar-refractivity contribution in [1.82, 2.24) is 5.32 Å². The smallest absolute Gasteiger partial charge is 0.321 e. The molecule has 4 amide bonds. The molecule has 2 aromatic carbocycles. The Hall–Kier alpha value is -3.35. The van der Waals surface area contributed by atoms with E-state index >= 15 is 0 Å². The minimum atomic E-state index is -0.610. The van der Waals surface area contributed by atoms with Crippen molar-refractivity contribution >= 4 is 29.2 Å². The highest BCUT2D eigenvalue weighted by Gasteiger charge is 2.21. The third-order valence-electron chi connectivity index (χ3n) is 3.74. The zero-order chi connectivity index (χ0) is 17.1. The number of nitrogens with zero attached hydrogens (tertiary/aromatic N) is 1. The van der Waals surface area contributed by atoms with E-state index in [1.54, 1.807) is 53.4 Å². The van der Waals surface area contributed by atoms with Crippen LogP contribution in [0.1, 0.15) is 20.7 Å². The third kappa shape index (κ3) is 3.05. The van der Waals surface area contributed by atoms with Crippen LogP contribution in [0.4, 0.5) is 16.2 Å². The van der Waals surface area contributed by atoms with Gasteiger partial charge in [-0.1, -0.05) is 12.1 Å². The maximum atomic E-state index is 12.3. The first kappa shape index (κ1) is 15.5. The van der Waals surface area contributed by atoms with Gasteiger partial charge in [-0.2, -0.15) is 0 Å². The maximum Gasteiger partial charge on any atom is 0.321 e. The van der Waals surface area contributed by atoms with E-state index in [4.69, 9.17) is 5.73 Å². The fraction of sp³-hybridized carbons (Fsp3) is 0.118. The van der Waals surface area contributed by atoms with Crippen molar-refractivity contribution in [1.29, 1.82) is 0 Å². The summed E-state index contributed by atoms with van der Waals surface area (Å²) in [5.41, 5.74) is 7.04. The number of amides is 4. The number of hydrogen-bond acceptors (Lipinski definition) is 3. The second kappa shape index (κ2) is 6.41. The molecule has 0 radical (unpaired) electrons. The zero-order valence-corrected chi connectivity index (χ0v) is 12.8. The minimum absolute atomic E-state index is 0.150. The molecule has 0 atom stereocenters. The first-order valence-corrected chi connectivity index (χ1v) is 7.42. The molecule has 1 saturated heterocycles. The Balaban J connectivity index is 1.76. The Morgan fingerprint density at radius 2 is 1.79 bits per heavy atom. The summed E-state index contributed by atoms with van der Waals surface area (Å²) in [5.74, 6) is -0.970. The fourth-order valence-electron chi connectivity index (χ4n) is 2.51. The topological polar surface area (TPSA) is 105 Å². The first-order chi connectivity index (χ1) is 11.6. The summed E-state index contributed by atoms with van der Waals surface area (Å²) in [6.07, 6.45) is 0. The number of benzene rings is 2. The standard InChI is InChI=1S/C17H16N4O3/c18-15(22)13-3-1-2-4-14(13)20-16(23)11-5-7-12(8-6-11)21-10-9-19-17(21)24/h1-8H,9-10H2,(H2,18,22)(H,19,24)(H,20,23). The van der Waals surface area contributed by atoms with Crippen LogP contribution in [0.5, 0.6) is 0 Å². The number of hydrogen-bond donors (Lipinski definition) is 3. The van der Waals surface area contributed by atoms with Crippen LogP contribution in [0.15, 0.2) is 48.5 Å². The van der Waals surface area contributed by atoms with E-state index in [2.05, 4.69) is 10.6 Å². The van der Waals surface area contributed by atoms with Gasteiger partial charge in [0.2, 0.25) is 0 Å². The van der Waals surface area contributed by atoms with E-state index in [1.165, 1.54) is 0 Å². The van der Waals surface area contributed by atoms with Crippen molar-refractivity contribution < 1.29 is 14.4 Å². The lowest BCUT2D eigenvalue weighted by Gasteiger charge is -2.14. The maximum absolute atomic E-state index is 12.3. The average molecular weight is 324 g/mol. The molecule has 2 aromatic rings. The normalized spacial score (nSPS) is 13.5. The summed E-state index contributed by atoms with van der Waals surface area (Å²) in [5, 5.41) is 5.39. The van der Waals surface area contributed by atoms with Crippen LogP contribution in [0.3, 0.4) is 0 Å². The molecule has 7 heteroatoms. The lowest BCUT2D eigenvalue weighted by Crippen LogP contribution is -2.27. The quantitative estimate of drug-likeness (QED) is 0.795. The highest BCUT2D eigenvalue weighted by Crippen LogP contribution is 2.19. The number of nitrogens with two attached hydrogens (primary N) is 1. The zero-order valence-electron chi connectivity index (χ0n) is 12.8. The van der Waals surface area contributed by atoms with Gasteiger partial charge in [0.15, 0.2) is 0 Å². The van der Waals surface area contributed by atoms with Crippen LogP contribution in [0.2, 0.25) is 0 Å². The van der Waals surface area contributed by atoms with Gasteiger partial charge in [-0.25, -0.2) is 4.79 Å². The minimum Gasteiger partial charge on any atom is -0.366 e. The van der Waals surface area contributed by atoms with Crippen molar-refractivity contribution in [3.8, 4) is 0 Å². The van der Waals surface area contributed by atoms with Gasteiger partial charge in [0.05, 0.1) is 11.3 Å². The van der Waals surface area contributed by atoms with Gasteiger partial charge < -0.3 is 16.4 Å². The molecule has 4 N–H and O–H groups in total. The van der Waals surface area contributed by atoms with Crippen molar-refractivity contribution in [2.75, 3.05) is 23.3 Å². The van der Waals surface area contributed by atoms with Crippen LogP contribution in [-0.2, 0) is 0 Å². The molecule has 1 aliphatic heterocycles. The number of para-hydroxylation sites is 1. The highest BCUT2D eigenvalue weighted by atomic mass is 16.2. The molecule has 7 nitrogen and oxygen atoms in total. The van der Waals surface area contributed by atoms with Crippen LogP contribution in [0.25, 0.3) is 0 Å². The molecule has 1 aliphatic rings. The Kier molecular flexibility index (Phi) is 4.15. The fourth-order valence-corrected chi connectivity index (χ4v) is 2.51. The first-order valence-electron chi connectivity index (χ1n) is 7.42. The predicted octanol–water partition coefficient (Wildman–Crippen LogP) is 1.57. The summed E-state index contributed by atoms with van der Waals surface area (Å²) in [7, 11) is 0. The molecule has 122 valence electrons. The van der Waals surface area contributed by atoms with Crippen LogP contribution in [0, 0.1) is 0 Å². The van der Waals surface area contributed by atoms with Crippen LogP contribution >= 0.6 is 0 Å². The Morgan fingerprint density at radius 1 is 1.08 bits per heavy atom. The summed E-state index contributed by atoms with van der Waals surface area (Å²) in [4.78, 5) is 36.9. The number of anilines is 2. The molecule has 1 heterocycles. The second-order valence-corrected chi connectivity index (χ2v) is 5.29. The summed E-state index contributed by atoms with van der Waals surface area (Å²) in [6.45, 7) is 1.20. The average Bonchev–Trinajstić information content (AvgIpc) is 3.01. The van der Waals surface area contributed by atoms with E-state index in [1.807, 2.05) is 0 Å². The van der Waals surface area contributed by atoms with Crippen molar-refractivity contribution in [3.63, 3.8) is 0 Å². The molecule has 0 unspecified atom stereocenters. The SMILES string of the molecule is NC(=O)c1ccccc1NC(=O)c1ccc(N2CCNC2=O)cc1. The molecule has 24 heavy (non-hydrogen) atoms. The van der Waals surface area contributed by atoms with Gasteiger partial charge >= 0.3 is 6.03 Å². The molecular formula is C17H16N4O3. The Labute approximate surface area is 138 Å². The lowest BCUT2D eigenvalue weighted by molar-refractivity contribution is 0.100. The Bertz CT molecular complexity index is 802. The van der Waals surface area contributed by atoms with Crippen molar-refractivity contribution in [3.05, 3.63) is 59.7 Å². The van der Waals surface area contributed by atoms with E-state index in [0.717, 1.165) is 5.69 Å². The molecule has 0 bridgehead atoms. The van der Waals surface area contributed by atoms with Gasteiger partial charge in [0, 0.05) is 24.3 Å². The van der Waals surface area contributed by atoms with E-state index in [9.17, 15) is 14.4 Å². The van der Waals surface area contributed by atoms with Gasteiger partial charge in [0.25, 0.3) is 11.8 Å². The van der Waals surface area contributed by atoms with Crippen LogP contribution < -0.4 is 21.3 Å². The van der Waals surface area contributed by atoms with E-state index < -0.39 is 5.91 Å². The summed E-state index contributed by atoms with van der Waals surface area (Å²) < 4.78 is 0. The van der Waals surface area contributed by atoms with E-state index in [0.29, 0.717) is 24.3 Å². The van der Waals surface area contributed by atoms with Crippen molar-refractivity contribution in [2.24, 2.45) is 5.73 Å². The van der Waals surface area contributed by atoms with Gasteiger partial charge in [-0.15, -0.1) is 0 Å². The third-order valence-corrected chi connectivity index (χ3v) is 3.74. The van der Waals surface area contributed by atoms with Gasteiger partial charge in [0.1, 0.15) is 0 Å². The van der Waals surface area contributed by atoms with Crippen molar-refractivity contribution in [2.45, 2.75) is 0 Å². The van der Waals surface area contributed by atoms with Gasteiger partial charge in [-0.05, 0) is 36.4 Å². The number of rotatable bonds is 4. The molecule has 0 aliphatic carbocycles. The van der Waals surface area contributed by atoms with Crippen LogP contribution in [-0.4, -0.2) is 30.9 Å². The monoisotopic (exact) mass is 324 g/mol. The van der Waals surface area contributed by atoms with E-state index in [-0.39, 0.29) is 17.5 Å². The molecule has 0 saturated carbocycles. The molecule has 1 fully saturated rings. The number of carbonyl (C=O) groups is 3. The molecule has 3 rings (SSSR count). The predicted molar refractivity (Wildman–Crippen MR) is 90.1 cm³/mol. The number of nitrogens with one attached hydrogen (secondary N) is 2. The Morgan fingerprint density at radius 3 is 2.42 bits per heavy atom. The number of carbonyl (C=O) groups excluding carboxylic acids is 3. The molecular weight excluding hydrogens is 308 g/mol. The highest BCUT2D eigenvalue weighted by molar-refractivity contribution is 6.09. The second-order valence-electron chi connectivity index (χ2n) is 5.29. The largest absolute Gasteiger partial charge is 0.366 e. The van der Waals surface area contributed by atoms with Gasteiger partial charge in [-0.3, -0.25) is 14.5 Å². The molecule has 0 spiro atoms. The lowest BCUT2D eigenvalue weighted by atomic mass is 10.1. The summed E-state index contributed by atoms with van der Waals surface area (Å²) >= 11 is 0. The number of primary amides is 1. The molecule has 0 aromatic heterocycles.